The third-order valence-electron chi connectivity index (χ3n) is 10.8. The molecule has 4 aliphatic rings. The molecule has 0 bridgehead atoms. The summed E-state index contributed by atoms with van der Waals surface area (Å²) < 4.78 is 0. The van der Waals surface area contributed by atoms with Crippen LogP contribution in [0.5, 0.6) is 0 Å². The molecule has 0 saturated heterocycles. The summed E-state index contributed by atoms with van der Waals surface area (Å²) >= 11 is 0. The standard InChI is InChI=1S/C27H48O2/c1-18(7-6-14-25(2,3)29)22-10-11-23-21-9-8-19-17-20(28)12-15-26(19,4)24(21)13-16-27(22,23)5/h18-24,28-29H,6-17H2,1-5H3/t18-,19?,20+,21+,22-,23+,24+,26+,27-/m1/s1. The van der Waals surface area contributed by atoms with Gasteiger partial charge >= 0.3 is 0 Å². The lowest BCUT2D eigenvalue weighted by molar-refractivity contribution is -0.129. The van der Waals surface area contributed by atoms with Crippen LogP contribution in [0.1, 0.15) is 112 Å². The molecular formula is C27H48O2. The van der Waals surface area contributed by atoms with Gasteiger partial charge in [0, 0.05) is 0 Å². The Labute approximate surface area is 180 Å². The van der Waals surface area contributed by atoms with Crippen LogP contribution in [-0.2, 0) is 0 Å². The SMILES string of the molecule is C[C@H](CCCC(C)(C)O)[C@H]1CC[C@H]2[C@@H]3CCC4C[C@@H](O)CC[C@]4(C)[C@H]3CC[C@]12C. The molecule has 2 nitrogen and oxygen atoms in total. The van der Waals surface area contributed by atoms with E-state index >= 15 is 0 Å². The first kappa shape index (κ1) is 22.1. The maximum atomic E-state index is 10.3. The van der Waals surface area contributed by atoms with Gasteiger partial charge in [-0.2, -0.15) is 0 Å². The van der Waals surface area contributed by atoms with E-state index < -0.39 is 5.60 Å². The molecule has 4 fully saturated rings. The molecule has 168 valence electrons. The summed E-state index contributed by atoms with van der Waals surface area (Å²) in [5.74, 6) is 5.24. The van der Waals surface area contributed by atoms with Gasteiger partial charge in [-0.1, -0.05) is 33.6 Å². The Bertz CT molecular complexity index is 580. The van der Waals surface area contributed by atoms with Crippen LogP contribution in [0.15, 0.2) is 0 Å². The number of aliphatic hydroxyl groups is 2. The fourth-order valence-electron chi connectivity index (χ4n) is 9.27. The molecule has 1 unspecified atom stereocenters. The van der Waals surface area contributed by atoms with Crippen LogP contribution in [0.2, 0.25) is 0 Å². The Hall–Kier alpha value is -0.0800. The van der Waals surface area contributed by atoms with E-state index in [1.165, 1.54) is 51.4 Å². The second-order valence-electron chi connectivity index (χ2n) is 13.0. The van der Waals surface area contributed by atoms with Crippen LogP contribution in [0.3, 0.4) is 0 Å². The Morgan fingerprint density at radius 3 is 2.34 bits per heavy atom. The summed E-state index contributed by atoms with van der Waals surface area (Å²) in [6, 6.07) is 0. The average molecular weight is 405 g/mol. The Morgan fingerprint density at radius 2 is 1.62 bits per heavy atom. The van der Waals surface area contributed by atoms with Crippen molar-refractivity contribution in [2.45, 2.75) is 123 Å². The molecule has 0 radical (unpaired) electrons. The van der Waals surface area contributed by atoms with Crippen molar-refractivity contribution in [1.29, 1.82) is 0 Å². The van der Waals surface area contributed by atoms with Crippen molar-refractivity contribution in [3.05, 3.63) is 0 Å². The first-order valence-corrected chi connectivity index (χ1v) is 12.9. The highest BCUT2D eigenvalue weighted by Gasteiger charge is 2.60. The van der Waals surface area contributed by atoms with Crippen LogP contribution >= 0.6 is 0 Å². The highest BCUT2D eigenvalue weighted by molar-refractivity contribution is 5.09. The van der Waals surface area contributed by atoms with E-state index in [2.05, 4.69) is 20.8 Å². The number of hydrogen-bond acceptors (Lipinski definition) is 2. The predicted octanol–water partition coefficient (Wildman–Crippen LogP) is 6.58. The van der Waals surface area contributed by atoms with Gasteiger partial charge in [-0.05, 0) is 124 Å². The lowest BCUT2D eigenvalue weighted by Gasteiger charge is -2.61. The number of aliphatic hydroxyl groups excluding tert-OH is 1. The van der Waals surface area contributed by atoms with E-state index in [1.54, 1.807) is 0 Å². The molecule has 0 amide bonds. The number of rotatable bonds is 5. The summed E-state index contributed by atoms with van der Waals surface area (Å²) in [5.41, 5.74) is 0.536. The van der Waals surface area contributed by atoms with E-state index in [1.807, 2.05) is 13.8 Å². The molecule has 4 rings (SSSR count). The Kier molecular flexibility index (Phi) is 5.95. The summed E-state index contributed by atoms with van der Waals surface area (Å²) in [6.07, 6.45) is 15.3. The highest BCUT2D eigenvalue weighted by Crippen LogP contribution is 2.68. The molecule has 0 spiro atoms. The van der Waals surface area contributed by atoms with Crippen molar-refractivity contribution in [1.82, 2.24) is 0 Å². The molecule has 2 N–H and O–H groups in total. The normalized spacial score (nSPS) is 48.5. The van der Waals surface area contributed by atoms with Gasteiger partial charge in [-0.3, -0.25) is 0 Å². The molecule has 0 aromatic rings. The minimum Gasteiger partial charge on any atom is -0.393 e. The van der Waals surface area contributed by atoms with Gasteiger partial charge in [0.05, 0.1) is 11.7 Å². The van der Waals surface area contributed by atoms with Gasteiger partial charge in [0.1, 0.15) is 0 Å². The van der Waals surface area contributed by atoms with Crippen molar-refractivity contribution in [3.63, 3.8) is 0 Å². The van der Waals surface area contributed by atoms with Crippen molar-refractivity contribution >= 4 is 0 Å². The van der Waals surface area contributed by atoms with E-state index in [-0.39, 0.29) is 6.10 Å². The molecule has 9 atom stereocenters. The fraction of sp³-hybridized carbons (Fsp3) is 1.00. The van der Waals surface area contributed by atoms with Crippen LogP contribution < -0.4 is 0 Å². The lowest BCUT2D eigenvalue weighted by Crippen LogP contribution is -2.54. The highest BCUT2D eigenvalue weighted by atomic mass is 16.3. The van der Waals surface area contributed by atoms with Crippen molar-refractivity contribution in [2.24, 2.45) is 46.3 Å². The van der Waals surface area contributed by atoms with Crippen molar-refractivity contribution < 1.29 is 10.2 Å². The van der Waals surface area contributed by atoms with Crippen molar-refractivity contribution in [2.75, 3.05) is 0 Å². The summed E-state index contributed by atoms with van der Waals surface area (Å²) in [5, 5.41) is 20.3. The third kappa shape index (κ3) is 3.95. The van der Waals surface area contributed by atoms with Crippen LogP contribution in [0, 0.1) is 46.3 Å². The minimum absolute atomic E-state index is 0.0286. The van der Waals surface area contributed by atoms with Gasteiger partial charge in [0.15, 0.2) is 0 Å². The number of fused-ring (bicyclic) bond motifs is 5. The molecule has 29 heavy (non-hydrogen) atoms. The van der Waals surface area contributed by atoms with E-state index in [4.69, 9.17) is 0 Å². The zero-order valence-corrected chi connectivity index (χ0v) is 19.9. The summed E-state index contributed by atoms with van der Waals surface area (Å²) in [7, 11) is 0. The molecule has 4 saturated carbocycles. The lowest BCUT2D eigenvalue weighted by atomic mass is 9.44. The van der Waals surface area contributed by atoms with Crippen LogP contribution in [-0.4, -0.2) is 21.9 Å². The predicted molar refractivity (Wildman–Crippen MR) is 121 cm³/mol. The third-order valence-corrected chi connectivity index (χ3v) is 10.8. The molecule has 0 heterocycles. The van der Waals surface area contributed by atoms with E-state index in [0.717, 1.165) is 61.2 Å². The molecular weight excluding hydrogens is 356 g/mol. The first-order chi connectivity index (χ1) is 13.5. The average Bonchev–Trinajstić information content (AvgIpc) is 2.98. The second-order valence-corrected chi connectivity index (χ2v) is 13.0. The molecule has 0 aromatic heterocycles. The molecule has 4 aliphatic carbocycles. The molecule has 2 heteroatoms. The zero-order chi connectivity index (χ0) is 21.0. The first-order valence-electron chi connectivity index (χ1n) is 12.9. The monoisotopic (exact) mass is 404 g/mol. The smallest absolute Gasteiger partial charge is 0.0591 e. The van der Waals surface area contributed by atoms with Crippen LogP contribution in [0.4, 0.5) is 0 Å². The van der Waals surface area contributed by atoms with Crippen LogP contribution in [0.25, 0.3) is 0 Å². The van der Waals surface area contributed by atoms with Gasteiger partial charge in [0.2, 0.25) is 0 Å². The Balaban J connectivity index is 1.44. The molecule has 0 aliphatic heterocycles. The largest absolute Gasteiger partial charge is 0.393 e. The minimum atomic E-state index is -0.512. The molecule has 0 aromatic carbocycles. The quantitative estimate of drug-likeness (QED) is 0.543. The summed E-state index contributed by atoms with van der Waals surface area (Å²) in [4.78, 5) is 0. The van der Waals surface area contributed by atoms with Crippen molar-refractivity contribution in [3.8, 4) is 0 Å². The number of hydrogen-bond donors (Lipinski definition) is 2. The van der Waals surface area contributed by atoms with Gasteiger partial charge in [-0.25, -0.2) is 0 Å². The van der Waals surface area contributed by atoms with Gasteiger partial charge in [-0.15, -0.1) is 0 Å². The topological polar surface area (TPSA) is 40.5 Å². The van der Waals surface area contributed by atoms with E-state index in [9.17, 15) is 10.2 Å². The fourth-order valence-corrected chi connectivity index (χ4v) is 9.27. The summed E-state index contributed by atoms with van der Waals surface area (Å²) in [6.45, 7) is 11.7. The second kappa shape index (κ2) is 7.80. The van der Waals surface area contributed by atoms with Gasteiger partial charge < -0.3 is 10.2 Å². The maximum Gasteiger partial charge on any atom is 0.0591 e. The van der Waals surface area contributed by atoms with Gasteiger partial charge in [0.25, 0.3) is 0 Å². The zero-order valence-electron chi connectivity index (χ0n) is 19.9. The Morgan fingerprint density at radius 1 is 0.931 bits per heavy atom. The maximum absolute atomic E-state index is 10.3. The van der Waals surface area contributed by atoms with E-state index in [0.29, 0.717) is 10.8 Å².